The van der Waals surface area contributed by atoms with Crippen LogP contribution in [0, 0.1) is 0 Å². The highest BCUT2D eigenvalue weighted by Gasteiger charge is 2.19. The molecule has 0 aliphatic heterocycles. The zero-order chi connectivity index (χ0) is 17.5. The maximum atomic E-state index is 11.6. The van der Waals surface area contributed by atoms with E-state index in [-0.39, 0.29) is 12.8 Å². The number of carboxylic acid groups (broad SMARTS) is 2. The fourth-order valence-corrected chi connectivity index (χ4v) is 2.15. The average Bonchev–Trinajstić information content (AvgIpc) is 2.49. The molecule has 0 heterocycles. The van der Waals surface area contributed by atoms with E-state index in [4.69, 9.17) is 10.2 Å². The molecule has 0 radical (unpaired) electrons. The molecule has 1 unspecified atom stereocenters. The maximum absolute atomic E-state index is 11.6. The first-order chi connectivity index (χ1) is 11.0. The van der Waals surface area contributed by atoms with Gasteiger partial charge in [-0.1, -0.05) is 51.5 Å². The molecule has 0 aromatic heterocycles. The fourth-order valence-electron chi connectivity index (χ4n) is 2.15. The van der Waals surface area contributed by atoms with Crippen molar-refractivity contribution in [3.8, 4) is 0 Å². The largest absolute Gasteiger partial charge is 0.481 e. The van der Waals surface area contributed by atoms with Crippen molar-refractivity contribution in [1.29, 1.82) is 0 Å². The average molecular weight is 327 g/mol. The lowest BCUT2D eigenvalue weighted by molar-refractivity contribution is -0.142. The van der Waals surface area contributed by atoms with Crippen molar-refractivity contribution in [3.05, 3.63) is 12.2 Å². The van der Waals surface area contributed by atoms with Crippen LogP contribution in [0.25, 0.3) is 0 Å². The minimum Gasteiger partial charge on any atom is -0.481 e. The standard InChI is InChI=1S/C17H29NO5/c1-2-3-4-5-6-7-8-9-10-11-15(19)18-14(17(22)23)12-13-16(20)21/h10-11,14H,2-9,12-13H2,1H3,(H,18,19)(H,20,21)(H,22,23)/b11-10+. The number of rotatable bonds is 14. The molecule has 1 atom stereocenters. The molecule has 0 saturated heterocycles. The van der Waals surface area contributed by atoms with Crippen molar-refractivity contribution in [1.82, 2.24) is 5.32 Å². The van der Waals surface area contributed by atoms with Gasteiger partial charge in [0.25, 0.3) is 0 Å². The van der Waals surface area contributed by atoms with Crippen LogP contribution in [0.3, 0.4) is 0 Å². The highest BCUT2D eigenvalue weighted by atomic mass is 16.4. The molecule has 6 nitrogen and oxygen atoms in total. The molecular formula is C17H29NO5. The molecule has 0 aliphatic carbocycles. The Kier molecular flexibility index (Phi) is 12.7. The van der Waals surface area contributed by atoms with Gasteiger partial charge in [0.1, 0.15) is 6.04 Å². The third kappa shape index (κ3) is 13.5. The van der Waals surface area contributed by atoms with Gasteiger partial charge in [0.2, 0.25) is 5.91 Å². The lowest BCUT2D eigenvalue weighted by atomic mass is 10.1. The topological polar surface area (TPSA) is 104 Å². The molecule has 0 aliphatic rings. The maximum Gasteiger partial charge on any atom is 0.326 e. The Balaban J connectivity index is 3.84. The number of allylic oxidation sites excluding steroid dienone is 1. The Bertz CT molecular complexity index is 392. The molecule has 0 spiro atoms. The van der Waals surface area contributed by atoms with Crippen molar-refractivity contribution in [2.75, 3.05) is 0 Å². The molecular weight excluding hydrogens is 298 g/mol. The van der Waals surface area contributed by atoms with Gasteiger partial charge in [0.05, 0.1) is 0 Å². The number of amides is 1. The van der Waals surface area contributed by atoms with Crippen LogP contribution in [0.2, 0.25) is 0 Å². The van der Waals surface area contributed by atoms with E-state index in [9.17, 15) is 14.4 Å². The zero-order valence-corrected chi connectivity index (χ0v) is 13.9. The van der Waals surface area contributed by atoms with Gasteiger partial charge in [-0.05, 0) is 25.3 Å². The summed E-state index contributed by atoms with van der Waals surface area (Å²) in [5.41, 5.74) is 0. The Morgan fingerprint density at radius 3 is 2.17 bits per heavy atom. The molecule has 0 saturated carbocycles. The van der Waals surface area contributed by atoms with Crippen molar-refractivity contribution in [2.24, 2.45) is 0 Å². The van der Waals surface area contributed by atoms with Crippen LogP contribution in [0.15, 0.2) is 12.2 Å². The van der Waals surface area contributed by atoms with Crippen LogP contribution in [-0.4, -0.2) is 34.1 Å². The van der Waals surface area contributed by atoms with E-state index in [1.165, 1.54) is 38.2 Å². The zero-order valence-electron chi connectivity index (χ0n) is 13.9. The normalized spacial score (nSPS) is 12.2. The van der Waals surface area contributed by atoms with Gasteiger partial charge in [-0.25, -0.2) is 4.79 Å². The molecule has 0 aromatic rings. The van der Waals surface area contributed by atoms with E-state index in [0.29, 0.717) is 0 Å². The van der Waals surface area contributed by atoms with E-state index in [1.807, 2.05) is 0 Å². The quantitative estimate of drug-likeness (QED) is 0.336. The summed E-state index contributed by atoms with van der Waals surface area (Å²) in [4.78, 5) is 33.0. The summed E-state index contributed by atoms with van der Waals surface area (Å²) in [5.74, 6) is -2.80. The lowest BCUT2D eigenvalue weighted by Crippen LogP contribution is -2.40. The van der Waals surface area contributed by atoms with Gasteiger partial charge in [-0.3, -0.25) is 9.59 Å². The van der Waals surface area contributed by atoms with E-state index in [2.05, 4.69) is 12.2 Å². The number of carbonyl (C=O) groups is 3. The molecule has 1 amide bonds. The minimum atomic E-state index is -1.22. The summed E-state index contributed by atoms with van der Waals surface area (Å²) in [5, 5.41) is 19.8. The second-order valence-corrected chi connectivity index (χ2v) is 5.64. The molecule has 0 fully saturated rings. The van der Waals surface area contributed by atoms with Crippen LogP contribution < -0.4 is 5.32 Å². The highest BCUT2D eigenvalue weighted by molar-refractivity contribution is 5.91. The van der Waals surface area contributed by atoms with E-state index in [1.54, 1.807) is 6.08 Å². The monoisotopic (exact) mass is 327 g/mol. The van der Waals surface area contributed by atoms with Crippen LogP contribution in [-0.2, 0) is 14.4 Å². The molecule has 6 heteroatoms. The SMILES string of the molecule is CCCCCCCCC/C=C/C(=O)NC(CCC(=O)O)C(=O)O. The third-order valence-corrected chi connectivity index (χ3v) is 3.51. The first-order valence-corrected chi connectivity index (χ1v) is 8.39. The van der Waals surface area contributed by atoms with Crippen LogP contribution >= 0.6 is 0 Å². The third-order valence-electron chi connectivity index (χ3n) is 3.51. The number of carboxylic acids is 2. The number of aliphatic carboxylic acids is 2. The number of carbonyl (C=O) groups excluding carboxylic acids is 1. The second-order valence-electron chi connectivity index (χ2n) is 5.64. The molecule has 132 valence electrons. The molecule has 0 rings (SSSR count). The van der Waals surface area contributed by atoms with E-state index >= 15 is 0 Å². The number of nitrogens with one attached hydrogen (secondary N) is 1. The summed E-state index contributed by atoms with van der Waals surface area (Å²) < 4.78 is 0. The van der Waals surface area contributed by atoms with Crippen LogP contribution in [0.4, 0.5) is 0 Å². The molecule has 0 aromatic carbocycles. The van der Waals surface area contributed by atoms with Gasteiger partial charge >= 0.3 is 11.9 Å². The predicted molar refractivity (Wildman–Crippen MR) is 88.2 cm³/mol. The Labute approximate surface area is 138 Å². The first-order valence-electron chi connectivity index (χ1n) is 8.39. The van der Waals surface area contributed by atoms with Crippen molar-refractivity contribution >= 4 is 17.8 Å². The Hall–Kier alpha value is -1.85. The summed E-state index contributed by atoms with van der Waals surface area (Å²) in [6, 6.07) is -1.16. The van der Waals surface area contributed by atoms with E-state index < -0.39 is 23.9 Å². The number of hydrogen-bond acceptors (Lipinski definition) is 3. The summed E-state index contributed by atoms with van der Waals surface area (Å²) in [6.07, 6.45) is 11.8. The first kappa shape index (κ1) is 21.1. The summed E-state index contributed by atoms with van der Waals surface area (Å²) >= 11 is 0. The Morgan fingerprint density at radius 1 is 1.00 bits per heavy atom. The van der Waals surface area contributed by atoms with Gasteiger partial charge in [-0.2, -0.15) is 0 Å². The lowest BCUT2D eigenvalue weighted by Gasteiger charge is -2.11. The minimum absolute atomic E-state index is 0.123. The van der Waals surface area contributed by atoms with E-state index in [0.717, 1.165) is 19.3 Å². The molecule has 0 bridgehead atoms. The van der Waals surface area contributed by atoms with Crippen molar-refractivity contribution in [3.63, 3.8) is 0 Å². The Morgan fingerprint density at radius 2 is 1.61 bits per heavy atom. The predicted octanol–water partition coefficient (Wildman–Crippen LogP) is 3.12. The highest BCUT2D eigenvalue weighted by Crippen LogP contribution is 2.08. The van der Waals surface area contributed by atoms with Crippen LogP contribution in [0.1, 0.15) is 71.1 Å². The summed E-state index contributed by atoms with van der Waals surface area (Å²) in [6.45, 7) is 2.19. The van der Waals surface area contributed by atoms with Gasteiger partial charge < -0.3 is 15.5 Å². The molecule has 23 heavy (non-hydrogen) atoms. The number of unbranched alkanes of at least 4 members (excludes halogenated alkanes) is 7. The fraction of sp³-hybridized carbons (Fsp3) is 0.706. The van der Waals surface area contributed by atoms with Crippen molar-refractivity contribution in [2.45, 2.75) is 77.2 Å². The van der Waals surface area contributed by atoms with Gasteiger partial charge in [0, 0.05) is 6.42 Å². The molecule has 3 N–H and O–H groups in total. The second kappa shape index (κ2) is 13.8. The summed E-state index contributed by atoms with van der Waals surface area (Å²) in [7, 11) is 0. The number of hydrogen-bond donors (Lipinski definition) is 3. The van der Waals surface area contributed by atoms with Crippen molar-refractivity contribution < 1.29 is 24.6 Å². The van der Waals surface area contributed by atoms with Gasteiger partial charge in [0.15, 0.2) is 0 Å². The van der Waals surface area contributed by atoms with Gasteiger partial charge in [-0.15, -0.1) is 0 Å². The smallest absolute Gasteiger partial charge is 0.326 e. The van der Waals surface area contributed by atoms with Crippen LogP contribution in [0.5, 0.6) is 0 Å².